The first-order chi connectivity index (χ1) is 11.5. The molecule has 0 fully saturated rings. The average Bonchev–Trinajstić information content (AvgIpc) is 2.55. The van der Waals surface area contributed by atoms with Crippen LogP contribution in [0.5, 0.6) is 0 Å². The summed E-state index contributed by atoms with van der Waals surface area (Å²) in [6.45, 7) is 3.25. The van der Waals surface area contributed by atoms with E-state index in [0.29, 0.717) is 11.6 Å². The van der Waals surface area contributed by atoms with Gasteiger partial charge in [0.15, 0.2) is 0 Å². The zero-order valence-corrected chi connectivity index (χ0v) is 14.9. The molecule has 0 heterocycles. The average molecular weight is 347 g/mol. The van der Waals surface area contributed by atoms with E-state index in [1.165, 1.54) is 5.56 Å². The van der Waals surface area contributed by atoms with Crippen molar-refractivity contribution in [2.45, 2.75) is 20.0 Å². The number of hydrogen-bond acceptors (Lipinski definition) is 3. The molecule has 3 N–H and O–H groups in total. The van der Waals surface area contributed by atoms with Crippen molar-refractivity contribution in [1.29, 1.82) is 0 Å². The van der Waals surface area contributed by atoms with Gasteiger partial charge in [-0.25, -0.2) is 4.79 Å². The minimum atomic E-state index is -0.299. The highest BCUT2D eigenvalue weighted by Crippen LogP contribution is 2.22. The fourth-order valence-electron chi connectivity index (χ4n) is 2.22. The van der Waals surface area contributed by atoms with Crippen LogP contribution >= 0.6 is 11.6 Å². The van der Waals surface area contributed by atoms with Gasteiger partial charge in [-0.3, -0.25) is 10.9 Å². The first kappa shape index (κ1) is 18.1. The van der Waals surface area contributed by atoms with Crippen molar-refractivity contribution >= 4 is 23.3 Å². The highest BCUT2D eigenvalue weighted by atomic mass is 35.5. The number of carbonyl (C=O) groups is 1. The standard InChI is InChI=1S/C18H23ClN4O/c1-13-16(19)5-4-6-17(13)21-22-18(24)20-11-14-7-9-15(10-8-14)12-23(2)3/h4-10,21H,11-12H2,1-3H3,(H2,20,22,24). The van der Waals surface area contributed by atoms with Gasteiger partial charge in [0.25, 0.3) is 0 Å². The number of hydrogen-bond donors (Lipinski definition) is 3. The van der Waals surface area contributed by atoms with Gasteiger partial charge >= 0.3 is 6.03 Å². The van der Waals surface area contributed by atoms with E-state index in [4.69, 9.17) is 11.6 Å². The molecular weight excluding hydrogens is 324 g/mol. The highest BCUT2D eigenvalue weighted by molar-refractivity contribution is 6.31. The van der Waals surface area contributed by atoms with E-state index in [2.05, 4.69) is 33.2 Å². The van der Waals surface area contributed by atoms with Crippen LogP contribution in [-0.2, 0) is 13.1 Å². The summed E-state index contributed by atoms with van der Waals surface area (Å²) in [5, 5.41) is 3.46. The van der Waals surface area contributed by atoms with Crippen LogP contribution in [0.2, 0.25) is 5.02 Å². The van der Waals surface area contributed by atoms with Crippen molar-refractivity contribution in [2.75, 3.05) is 19.5 Å². The molecule has 0 spiro atoms. The van der Waals surface area contributed by atoms with Crippen molar-refractivity contribution in [3.8, 4) is 0 Å². The second-order valence-corrected chi connectivity index (χ2v) is 6.31. The Hall–Kier alpha value is -2.24. The van der Waals surface area contributed by atoms with Gasteiger partial charge in [0.1, 0.15) is 0 Å². The van der Waals surface area contributed by atoms with Crippen molar-refractivity contribution in [2.24, 2.45) is 0 Å². The summed E-state index contributed by atoms with van der Waals surface area (Å²) in [5.41, 5.74) is 9.42. The number of nitrogens with zero attached hydrogens (tertiary/aromatic N) is 1. The largest absolute Gasteiger partial charge is 0.333 e. The van der Waals surface area contributed by atoms with E-state index < -0.39 is 0 Å². The molecule has 2 aromatic rings. The molecule has 0 saturated heterocycles. The summed E-state index contributed by atoms with van der Waals surface area (Å²) in [6.07, 6.45) is 0. The summed E-state index contributed by atoms with van der Waals surface area (Å²) in [4.78, 5) is 14.0. The summed E-state index contributed by atoms with van der Waals surface area (Å²) in [6, 6.07) is 13.4. The van der Waals surface area contributed by atoms with Gasteiger partial charge in [0.2, 0.25) is 0 Å². The third-order valence-corrected chi connectivity index (χ3v) is 3.96. The molecule has 0 aliphatic heterocycles. The minimum Gasteiger partial charge on any atom is -0.333 e. The molecule has 2 amide bonds. The number of nitrogens with one attached hydrogen (secondary N) is 3. The lowest BCUT2D eigenvalue weighted by molar-refractivity contribution is 0.242. The maximum absolute atomic E-state index is 11.9. The zero-order valence-electron chi connectivity index (χ0n) is 14.2. The third-order valence-electron chi connectivity index (χ3n) is 3.55. The molecule has 2 rings (SSSR count). The van der Waals surface area contributed by atoms with Crippen LogP contribution in [0.1, 0.15) is 16.7 Å². The lowest BCUT2D eigenvalue weighted by Gasteiger charge is -2.13. The van der Waals surface area contributed by atoms with E-state index in [9.17, 15) is 4.79 Å². The smallest absolute Gasteiger partial charge is 0.333 e. The number of amides is 2. The Morgan fingerprint density at radius 3 is 2.42 bits per heavy atom. The number of benzene rings is 2. The molecule has 128 valence electrons. The Balaban J connectivity index is 1.79. The number of hydrazine groups is 1. The number of carbonyl (C=O) groups excluding carboxylic acids is 1. The van der Waals surface area contributed by atoms with Gasteiger partial charge in [-0.05, 0) is 49.8 Å². The van der Waals surface area contributed by atoms with Crippen molar-refractivity contribution in [1.82, 2.24) is 15.6 Å². The van der Waals surface area contributed by atoms with Crippen LogP contribution in [-0.4, -0.2) is 25.0 Å². The Labute approximate surface area is 148 Å². The fraction of sp³-hybridized carbons (Fsp3) is 0.278. The molecule has 6 heteroatoms. The lowest BCUT2D eigenvalue weighted by atomic mass is 10.1. The van der Waals surface area contributed by atoms with Gasteiger partial charge in [0, 0.05) is 18.1 Å². The van der Waals surface area contributed by atoms with Crippen LogP contribution in [0, 0.1) is 6.92 Å². The van der Waals surface area contributed by atoms with Crippen LogP contribution in [0.25, 0.3) is 0 Å². The molecule has 0 aromatic heterocycles. The lowest BCUT2D eigenvalue weighted by Crippen LogP contribution is -2.38. The number of anilines is 1. The predicted molar refractivity (Wildman–Crippen MR) is 99.0 cm³/mol. The monoisotopic (exact) mass is 346 g/mol. The van der Waals surface area contributed by atoms with Crippen LogP contribution < -0.4 is 16.2 Å². The highest BCUT2D eigenvalue weighted by Gasteiger charge is 2.04. The quantitative estimate of drug-likeness (QED) is 0.701. The van der Waals surface area contributed by atoms with Crippen LogP contribution in [0.15, 0.2) is 42.5 Å². The van der Waals surface area contributed by atoms with E-state index in [1.54, 1.807) is 0 Å². The van der Waals surface area contributed by atoms with Gasteiger partial charge in [-0.1, -0.05) is 41.9 Å². The first-order valence-corrected chi connectivity index (χ1v) is 8.11. The number of rotatable bonds is 6. The van der Waals surface area contributed by atoms with Crippen molar-refractivity contribution in [3.05, 3.63) is 64.2 Å². The summed E-state index contributed by atoms with van der Waals surface area (Å²) in [7, 11) is 4.07. The molecule has 0 unspecified atom stereocenters. The molecule has 24 heavy (non-hydrogen) atoms. The van der Waals surface area contributed by atoms with E-state index >= 15 is 0 Å². The molecule has 5 nitrogen and oxygen atoms in total. The van der Waals surface area contributed by atoms with Gasteiger partial charge in [0.05, 0.1) is 5.69 Å². The van der Waals surface area contributed by atoms with Crippen molar-refractivity contribution < 1.29 is 4.79 Å². The Morgan fingerprint density at radius 1 is 1.08 bits per heavy atom. The minimum absolute atomic E-state index is 0.299. The molecule has 0 atom stereocenters. The molecule has 0 aliphatic carbocycles. The van der Waals surface area contributed by atoms with Gasteiger partial charge in [-0.15, -0.1) is 0 Å². The predicted octanol–water partition coefficient (Wildman–Crippen LogP) is 3.54. The second-order valence-electron chi connectivity index (χ2n) is 5.90. The Kier molecular flexibility index (Phi) is 6.46. The van der Waals surface area contributed by atoms with Crippen molar-refractivity contribution in [3.63, 3.8) is 0 Å². The summed E-state index contributed by atoms with van der Waals surface area (Å²) < 4.78 is 0. The molecule has 2 aromatic carbocycles. The normalized spacial score (nSPS) is 10.5. The first-order valence-electron chi connectivity index (χ1n) is 7.73. The molecular formula is C18H23ClN4O. The van der Waals surface area contributed by atoms with Crippen LogP contribution in [0.3, 0.4) is 0 Å². The number of halogens is 1. The Bertz CT molecular complexity index is 686. The SMILES string of the molecule is Cc1c(Cl)cccc1NNC(=O)NCc1ccc(CN(C)C)cc1. The molecule has 0 bridgehead atoms. The van der Waals surface area contributed by atoms with E-state index in [0.717, 1.165) is 23.4 Å². The summed E-state index contributed by atoms with van der Waals surface area (Å²) in [5.74, 6) is 0. The maximum atomic E-state index is 11.9. The van der Waals surface area contributed by atoms with E-state index in [-0.39, 0.29) is 6.03 Å². The summed E-state index contributed by atoms with van der Waals surface area (Å²) >= 11 is 6.04. The maximum Gasteiger partial charge on any atom is 0.333 e. The topological polar surface area (TPSA) is 56.4 Å². The van der Waals surface area contributed by atoms with Gasteiger partial charge in [-0.2, -0.15) is 0 Å². The van der Waals surface area contributed by atoms with Gasteiger partial charge < -0.3 is 10.2 Å². The molecule has 0 radical (unpaired) electrons. The second kappa shape index (κ2) is 8.57. The van der Waals surface area contributed by atoms with Crippen LogP contribution in [0.4, 0.5) is 10.5 Å². The third kappa shape index (κ3) is 5.44. The molecule has 0 aliphatic rings. The zero-order chi connectivity index (χ0) is 17.5. The fourth-order valence-corrected chi connectivity index (χ4v) is 2.40. The van der Waals surface area contributed by atoms with E-state index in [1.807, 2.05) is 51.4 Å². The molecule has 0 saturated carbocycles. The number of urea groups is 1. The Morgan fingerprint density at radius 2 is 1.75 bits per heavy atom.